The normalized spacial score (nSPS) is 18.4. The molecule has 6 heteroatoms. The number of aromatic hydroxyl groups is 3. The molecule has 0 fully saturated rings. The molecule has 4 aromatic rings. The van der Waals surface area contributed by atoms with E-state index in [0.29, 0.717) is 30.8 Å². The standard InChI is InChI=1S/C27H23N3O3/c31-19-8-6-17(7-9-19)13-23-27(33)30-24-15-18-14-20(32)10-11-21(18)25(24)28-22(26(30)29-23)12-16-4-2-1-3-5-16/h1-11,14,24-25,31-33H,12-13,15H2/t24-,25-/m0/s1. The van der Waals surface area contributed by atoms with Gasteiger partial charge in [0.1, 0.15) is 17.2 Å². The van der Waals surface area contributed by atoms with Gasteiger partial charge in [0.2, 0.25) is 5.88 Å². The highest BCUT2D eigenvalue weighted by Gasteiger charge is 2.41. The molecule has 3 aromatic carbocycles. The van der Waals surface area contributed by atoms with Gasteiger partial charge in [-0.3, -0.25) is 9.56 Å². The molecule has 6 rings (SSSR count). The molecule has 2 aliphatic rings. The zero-order valence-electron chi connectivity index (χ0n) is 17.9. The number of phenolic OH excluding ortho intramolecular Hbond substituents is 2. The Morgan fingerprint density at radius 1 is 0.818 bits per heavy atom. The van der Waals surface area contributed by atoms with Gasteiger partial charge in [-0.25, -0.2) is 4.98 Å². The van der Waals surface area contributed by atoms with Crippen LogP contribution in [-0.2, 0) is 19.3 Å². The van der Waals surface area contributed by atoms with Crippen molar-refractivity contribution in [2.24, 2.45) is 4.99 Å². The Bertz CT molecular complexity index is 1370. The number of nitrogens with zero attached hydrogens (tertiary/aromatic N) is 3. The Morgan fingerprint density at radius 2 is 1.55 bits per heavy atom. The summed E-state index contributed by atoms with van der Waals surface area (Å²) < 4.78 is 1.93. The predicted molar refractivity (Wildman–Crippen MR) is 125 cm³/mol. The highest BCUT2D eigenvalue weighted by Crippen LogP contribution is 2.48. The first-order valence-corrected chi connectivity index (χ1v) is 11.1. The lowest BCUT2D eigenvalue weighted by Gasteiger charge is -2.27. The molecule has 0 amide bonds. The van der Waals surface area contributed by atoms with Crippen LogP contribution in [0.4, 0.5) is 0 Å². The summed E-state index contributed by atoms with van der Waals surface area (Å²) in [5, 5.41) is 30.9. The first-order valence-electron chi connectivity index (χ1n) is 11.1. The van der Waals surface area contributed by atoms with Crippen LogP contribution >= 0.6 is 0 Å². The molecule has 1 aliphatic carbocycles. The molecule has 3 N–H and O–H groups in total. The van der Waals surface area contributed by atoms with Crippen molar-refractivity contribution in [2.45, 2.75) is 31.3 Å². The predicted octanol–water partition coefficient (Wildman–Crippen LogP) is 4.47. The summed E-state index contributed by atoms with van der Waals surface area (Å²) in [5.74, 6) is 1.30. The third kappa shape index (κ3) is 3.35. The fraction of sp³-hybridized carbons (Fsp3) is 0.185. The van der Waals surface area contributed by atoms with Gasteiger partial charge in [0.05, 0.1) is 17.8 Å². The minimum Gasteiger partial charge on any atom is -0.508 e. The largest absolute Gasteiger partial charge is 0.508 e. The van der Waals surface area contributed by atoms with E-state index in [0.717, 1.165) is 28.0 Å². The van der Waals surface area contributed by atoms with Crippen molar-refractivity contribution in [1.29, 1.82) is 0 Å². The highest BCUT2D eigenvalue weighted by molar-refractivity contribution is 6.00. The first-order chi connectivity index (χ1) is 16.1. The number of rotatable bonds is 4. The van der Waals surface area contributed by atoms with Gasteiger partial charge in [-0.2, -0.15) is 0 Å². The molecule has 6 nitrogen and oxygen atoms in total. The van der Waals surface area contributed by atoms with Crippen LogP contribution < -0.4 is 0 Å². The number of fused-ring (bicyclic) bond motifs is 5. The monoisotopic (exact) mass is 437 g/mol. The third-order valence-corrected chi connectivity index (χ3v) is 6.60. The summed E-state index contributed by atoms with van der Waals surface area (Å²) in [7, 11) is 0. The summed E-state index contributed by atoms with van der Waals surface area (Å²) >= 11 is 0. The van der Waals surface area contributed by atoms with Gasteiger partial charge in [-0.05, 0) is 52.9 Å². The second-order valence-corrected chi connectivity index (χ2v) is 8.76. The third-order valence-electron chi connectivity index (χ3n) is 6.60. The van der Waals surface area contributed by atoms with Crippen LogP contribution in [0.3, 0.4) is 0 Å². The number of imidazole rings is 1. The Kier molecular flexibility index (Phi) is 4.47. The van der Waals surface area contributed by atoms with Crippen molar-refractivity contribution in [2.75, 3.05) is 0 Å². The number of hydrogen-bond acceptors (Lipinski definition) is 5. The zero-order chi connectivity index (χ0) is 22.5. The Labute approximate surface area is 191 Å². The minimum atomic E-state index is -0.131. The second kappa shape index (κ2) is 7.52. The molecule has 0 radical (unpaired) electrons. The van der Waals surface area contributed by atoms with Crippen molar-refractivity contribution in [1.82, 2.24) is 9.55 Å². The molecule has 2 heterocycles. The van der Waals surface area contributed by atoms with E-state index in [1.165, 1.54) is 0 Å². The van der Waals surface area contributed by atoms with Crippen LogP contribution in [0.1, 0.15) is 45.9 Å². The lowest BCUT2D eigenvalue weighted by Crippen LogP contribution is -2.26. The number of aromatic nitrogens is 2. The lowest BCUT2D eigenvalue weighted by molar-refractivity contribution is 0.351. The number of benzene rings is 3. The summed E-state index contributed by atoms with van der Waals surface area (Å²) in [4.78, 5) is 9.99. The SMILES string of the molecule is Oc1ccc(Cc2nc3n(c2O)[C@H]2Cc4cc(O)ccc4[C@@H]2N=C3Cc2ccccc2)cc1. The highest BCUT2D eigenvalue weighted by atomic mass is 16.3. The Hall–Kier alpha value is -4.06. The summed E-state index contributed by atoms with van der Waals surface area (Å²) in [6.45, 7) is 0. The van der Waals surface area contributed by atoms with E-state index in [1.807, 2.05) is 41.0 Å². The van der Waals surface area contributed by atoms with Gasteiger partial charge in [0.15, 0.2) is 5.82 Å². The number of phenols is 2. The maximum absolute atomic E-state index is 11.3. The molecular formula is C27H23N3O3. The fourth-order valence-electron chi connectivity index (χ4n) is 5.04. The average molecular weight is 437 g/mol. The molecule has 164 valence electrons. The van der Waals surface area contributed by atoms with Crippen molar-refractivity contribution in [3.63, 3.8) is 0 Å². The van der Waals surface area contributed by atoms with Crippen LogP contribution in [0.15, 0.2) is 77.8 Å². The second-order valence-electron chi connectivity index (χ2n) is 8.76. The van der Waals surface area contributed by atoms with Crippen LogP contribution in [0.25, 0.3) is 0 Å². The molecule has 0 saturated carbocycles. The van der Waals surface area contributed by atoms with Crippen LogP contribution in [0.5, 0.6) is 17.4 Å². The van der Waals surface area contributed by atoms with Gasteiger partial charge in [-0.15, -0.1) is 0 Å². The van der Waals surface area contributed by atoms with Gasteiger partial charge in [-0.1, -0.05) is 48.5 Å². The molecule has 0 spiro atoms. The van der Waals surface area contributed by atoms with Crippen molar-refractivity contribution < 1.29 is 15.3 Å². The molecule has 0 bridgehead atoms. The molecular weight excluding hydrogens is 414 g/mol. The van der Waals surface area contributed by atoms with Crippen molar-refractivity contribution >= 4 is 5.71 Å². The number of aliphatic imine (C=N–C) groups is 1. The molecule has 1 aromatic heterocycles. The molecule has 0 saturated heterocycles. The topological polar surface area (TPSA) is 90.9 Å². The Morgan fingerprint density at radius 3 is 2.33 bits per heavy atom. The first kappa shape index (κ1) is 19.6. The smallest absolute Gasteiger partial charge is 0.215 e. The summed E-state index contributed by atoms with van der Waals surface area (Å²) in [6, 6.07) is 22.3. The molecule has 33 heavy (non-hydrogen) atoms. The molecule has 0 unspecified atom stereocenters. The van der Waals surface area contributed by atoms with Gasteiger partial charge in [0, 0.05) is 12.8 Å². The molecule has 1 aliphatic heterocycles. The zero-order valence-corrected chi connectivity index (χ0v) is 17.9. The average Bonchev–Trinajstić information content (AvgIpc) is 3.33. The van der Waals surface area contributed by atoms with Crippen LogP contribution in [-0.4, -0.2) is 30.6 Å². The van der Waals surface area contributed by atoms with E-state index in [4.69, 9.17) is 9.98 Å². The van der Waals surface area contributed by atoms with Gasteiger partial charge < -0.3 is 15.3 Å². The van der Waals surface area contributed by atoms with Gasteiger partial charge >= 0.3 is 0 Å². The molecule has 2 atom stereocenters. The minimum absolute atomic E-state index is 0.0857. The fourth-order valence-corrected chi connectivity index (χ4v) is 5.04. The van der Waals surface area contributed by atoms with E-state index in [9.17, 15) is 15.3 Å². The van der Waals surface area contributed by atoms with Crippen LogP contribution in [0.2, 0.25) is 0 Å². The van der Waals surface area contributed by atoms with Gasteiger partial charge in [0.25, 0.3) is 0 Å². The van der Waals surface area contributed by atoms with E-state index < -0.39 is 0 Å². The van der Waals surface area contributed by atoms with Crippen molar-refractivity contribution in [3.05, 3.63) is 107 Å². The number of hydrogen-bond donors (Lipinski definition) is 3. The lowest BCUT2D eigenvalue weighted by atomic mass is 10.0. The van der Waals surface area contributed by atoms with Crippen LogP contribution in [0, 0.1) is 0 Å². The van der Waals surface area contributed by atoms with E-state index in [-0.39, 0.29) is 29.5 Å². The summed E-state index contributed by atoms with van der Waals surface area (Å²) in [6.07, 6.45) is 1.74. The quantitative estimate of drug-likeness (QED) is 0.439. The van der Waals surface area contributed by atoms with Crippen molar-refractivity contribution in [3.8, 4) is 17.4 Å². The van der Waals surface area contributed by atoms with E-state index in [1.54, 1.807) is 24.3 Å². The maximum Gasteiger partial charge on any atom is 0.215 e. The summed E-state index contributed by atoms with van der Waals surface area (Å²) in [5.41, 5.74) is 5.66. The van der Waals surface area contributed by atoms with E-state index >= 15 is 0 Å². The Balaban J connectivity index is 1.45. The maximum atomic E-state index is 11.3. The van der Waals surface area contributed by atoms with E-state index in [2.05, 4.69) is 12.1 Å².